The smallest absolute Gasteiger partial charge is 0.252 e. The summed E-state index contributed by atoms with van der Waals surface area (Å²) in [5.74, 6) is -0.0135. The van der Waals surface area contributed by atoms with Crippen LogP contribution >= 0.6 is 15.9 Å². The van der Waals surface area contributed by atoms with Gasteiger partial charge in [0.1, 0.15) is 5.60 Å². The normalized spacial score (nSPS) is 24.8. The first-order valence-electron chi connectivity index (χ1n) is 6.23. The molecule has 2 atom stereocenters. The number of halogens is 1. The van der Waals surface area contributed by atoms with Crippen molar-refractivity contribution >= 4 is 21.8 Å². The minimum absolute atomic E-state index is 0.0135. The van der Waals surface area contributed by atoms with Gasteiger partial charge in [0, 0.05) is 13.2 Å². The summed E-state index contributed by atoms with van der Waals surface area (Å²) in [4.78, 5) is 12.2. The first-order chi connectivity index (χ1) is 8.62. The molecule has 98 valence electrons. The molecule has 2 rings (SSSR count). The Morgan fingerprint density at radius 3 is 2.83 bits per heavy atom. The summed E-state index contributed by atoms with van der Waals surface area (Å²) in [5.41, 5.74) is 0.527. The molecule has 0 aliphatic carbocycles. The molecule has 1 aromatic rings. The van der Waals surface area contributed by atoms with E-state index in [9.17, 15) is 4.79 Å². The zero-order valence-electron chi connectivity index (χ0n) is 10.5. The summed E-state index contributed by atoms with van der Waals surface area (Å²) in [5, 5.41) is 2.95. The molecule has 1 fully saturated rings. The Bertz CT molecular complexity index is 402. The van der Waals surface area contributed by atoms with E-state index in [1.807, 2.05) is 37.3 Å². The Morgan fingerprint density at radius 2 is 2.22 bits per heavy atom. The minimum atomic E-state index is -0.636. The highest BCUT2D eigenvalue weighted by atomic mass is 79.9. The number of alkyl halides is 1. The van der Waals surface area contributed by atoms with Crippen LogP contribution in [-0.2, 0) is 9.53 Å². The molecule has 18 heavy (non-hydrogen) atoms. The van der Waals surface area contributed by atoms with E-state index in [0.717, 1.165) is 18.4 Å². The fraction of sp³-hybridized carbons (Fsp3) is 0.500. The van der Waals surface area contributed by atoms with E-state index in [1.54, 1.807) is 0 Å². The molecule has 0 aromatic heterocycles. The monoisotopic (exact) mass is 311 g/mol. The Balaban J connectivity index is 1.86. The first-order valence-corrected chi connectivity index (χ1v) is 7.15. The number of amides is 1. The van der Waals surface area contributed by atoms with Gasteiger partial charge in [-0.25, -0.2) is 0 Å². The van der Waals surface area contributed by atoms with Crippen molar-refractivity contribution in [2.75, 3.05) is 13.2 Å². The topological polar surface area (TPSA) is 38.3 Å². The second-order valence-electron chi connectivity index (χ2n) is 4.77. The molecule has 4 heteroatoms. The second kappa shape index (κ2) is 5.85. The molecule has 1 heterocycles. The van der Waals surface area contributed by atoms with Gasteiger partial charge in [0.25, 0.3) is 5.91 Å². The van der Waals surface area contributed by atoms with Crippen LogP contribution < -0.4 is 5.32 Å². The number of carbonyl (C=O) groups is 1. The van der Waals surface area contributed by atoms with Crippen LogP contribution in [0.25, 0.3) is 0 Å². The maximum absolute atomic E-state index is 12.0. The Hall–Kier alpha value is -0.870. The molecule has 3 nitrogen and oxygen atoms in total. The predicted molar refractivity (Wildman–Crippen MR) is 74.7 cm³/mol. The van der Waals surface area contributed by atoms with Gasteiger partial charge in [-0.2, -0.15) is 0 Å². The molecule has 1 N–H and O–H groups in total. The van der Waals surface area contributed by atoms with E-state index in [0.29, 0.717) is 13.2 Å². The minimum Gasteiger partial charge on any atom is -0.365 e. The molecule has 1 aliphatic rings. The van der Waals surface area contributed by atoms with Gasteiger partial charge in [0.05, 0.1) is 4.83 Å². The lowest BCUT2D eigenvalue weighted by molar-refractivity contribution is -0.139. The number of nitrogens with one attached hydrogen (secondary N) is 1. The summed E-state index contributed by atoms with van der Waals surface area (Å²) in [6.45, 7) is 3.11. The van der Waals surface area contributed by atoms with Gasteiger partial charge in [-0.1, -0.05) is 46.3 Å². The van der Waals surface area contributed by atoms with Crippen molar-refractivity contribution in [2.24, 2.45) is 0 Å². The molecular weight excluding hydrogens is 294 g/mol. The van der Waals surface area contributed by atoms with Crippen molar-refractivity contribution in [3.8, 4) is 0 Å². The number of carbonyl (C=O) groups excluding carboxylic acids is 1. The lowest BCUT2D eigenvalue weighted by atomic mass is 10.0. The number of hydrogen-bond donors (Lipinski definition) is 1. The van der Waals surface area contributed by atoms with Crippen LogP contribution in [0.2, 0.25) is 0 Å². The Kier molecular flexibility index (Phi) is 4.40. The van der Waals surface area contributed by atoms with E-state index >= 15 is 0 Å². The second-order valence-corrected chi connectivity index (χ2v) is 5.88. The van der Waals surface area contributed by atoms with Crippen LogP contribution in [0.5, 0.6) is 0 Å². The standard InChI is InChI=1S/C14H18BrNO2/c1-14(8-5-9-18-14)13(17)16-10-12(15)11-6-3-2-4-7-11/h2-4,6-7,12H,5,8-10H2,1H3,(H,16,17). The summed E-state index contributed by atoms with van der Waals surface area (Å²) in [7, 11) is 0. The van der Waals surface area contributed by atoms with Crippen molar-refractivity contribution in [1.29, 1.82) is 0 Å². The van der Waals surface area contributed by atoms with Gasteiger partial charge in [-0.05, 0) is 25.3 Å². The van der Waals surface area contributed by atoms with Crippen LogP contribution in [0.15, 0.2) is 30.3 Å². The van der Waals surface area contributed by atoms with E-state index in [1.165, 1.54) is 0 Å². The van der Waals surface area contributed by atoms with E-state index in [4.69, 9.17) is 4.74 Å². The molecule has 0 spiro atoms. The molecule has 2 unspecified atom stereocenters. The SMILES string of the molecule is CC1(C(=O)NCC(Br)c2ccccc2)CCCO1. The third-order valence-corrected chi connectivity index (χ3v) is 4.15. The molecule has 1 aliphatic heterocycles. The number of rotatable bonds is 4. The lowest BCUT2D eigenvalue weighted by Crippen LogP contribution is -2.44. The molecule has 1 aromatic carbocycles. The molecule has 1 saturated heterocycles. The van der Waals surface area contributed by atoms with Crippen molar-refractivity contribution in [1.82, 2.24) is 5.32 Å². The Labute approximate surface area is 116 Å². The third-order valence-electron chi connectivity index (χ3n) is 3.30. The molecule has 0 bridgehead atoms. The molecule has 1 amide bonds. The average Bonchev–Trinajstić information content (AvgIpc) is 2.85. The fourth-order valence-electron chi connectivity index (χ4n) is 2.11. The zero-order valence-corrected chi connectivity index (χ0v) is 12.1. The third kappa shape index (κ3) is 3.12. The van der Waals surface area contributed by atoms with Crippen molar-refractivity contribution < 1.29 is 9.53 Å². The quantitative estimate of drug-likeness (QED) is 0.868. The van der Waals surface area contributed by atoms with E-state index in [-0.39, 0.29) is 10.7 Å². The largest absolute Gasteiger partial charge is 0.365 e. The van der Waals surface area contributed by atoms with Gasteiger partial charge < -0.3 is 10.1 Å². The predicted octanol–water partition coefficient (Wildman–Crippen LogP) is 2.81. The highest BCUT2D eigenvalue weighted by Gasteiger charge is 2.37. The van der Waals surface area contributed by atoms with Crippen molar-refractivity contribution in [3.63, 3.8) is 0 Å². The van der Waals surface area contributed by atoms with Crippen LogP contribution in [0.4, 0.5) is 0 Å². The summed E-state index contributed by atoms with van der Waals surface area (Å²) < 4.78 is 5.51. The number of hydrogen-bond acceptors (Lipinski definition) is 2. The number of benzene rings is 1. The molecule has 0 radical (unpaired) electrons. The first kappa shape index (κ1) is 13.6. The zero-order chi connectivity index (χ0) is 13.0. The maximum atomic E-state index is 12.0. The average molecular weight is 312 g/mol. The van der Waals surface area contributed by atoms with Crippen LogP contribution in [0.1, 0.15) is 30.2 Å². The van der Waals surface area contributed by atoms with Gasteiger partial charge in [-0.3, -0.25) is 4.79 Å². The van der Waals surface area contributed by atoms with Crippen molar-refractivity contribution in [2.45, 2.75) is 30.2 Å². The van der Waals surface area contributed by atoms with Crippen molar-refractivity contribution in [3.05, 3.63) is 35.9 Å². The highest BCUT2D eigenvalue weighted by Crippen LogP contribution is 2.26. The molecule has 0 saturated carbocycles. The fourth-order valence-corrected chi connectivity index (χ4v) is 2.57. The van der Waals surface area contributed by atoms with Crippen LogP contribution in [0, 0.1) is 0 Å². The summed E-state index contributed by atoms with van der Waals surface area (Å²) in [6.07, 6.45) is 1.76. The lowest BCUT2D eigenvalue weighted by Gasteiger charge is -2.23. The summed E-state index contributed by atoms with van der Waals surface area (Å²) >= 11 is 3.59. The van der Waals surface area contributed by atoms with Gasteiger partial charge in [0.15, 0.2) is 0 Å². The van der Waals surface area contributed by atoms with Crippen LogP contribution in [-0.4, -0.2) is 24.7 Å². The van der Waals surface area contributed by atoms with Gasteiger partial charge in [-0.15, -0.1) is 0 Å². The summed E-state index contributed by atoms with van der Waals surface area (Å²) in [6, 6.07) is 10.0. The van der Waals surface area contributed by atoms with Gasteiger partial charge >= 0.3 is 0 Å². The van der Waals surface area contributed by atoms with E-state index < -0.39 is 5.60 Å². The number of ether oxygens (including phenoxy) is 1. The van der Waals surface area contributed by atoms with E-state index in [2.05, 4.69) is 21.2 Å². The molecular formula is C14H18BrNO2. The maximum Gasteiger partial charge on any atom is 0.252 e. The van der Waals surface area contributed by atoms with Crippen LogP contribution in [0.3, 0.4) is 0 Å². The Morgan fingerprint density at radius 1 is 1.50 bits per heavy atom. The van der Waals surface area contributed by atoms with Gasteiger partial charge in [0.2, 0.25) is 0 Å². The highest BCUT2D eigenvalue weighted by molar-refractivity contribution is 9.09.